The largest absolute Gasteiger partial charge is 0.346 e. The number of hydrogen-bond donors (Lipinski definition) is 3. The van der Waals surface area contributed by atoms with E-state index in [9.17, 15) is 22.0 Å². The molecule has 1 amide bonds. The van der Waals surface area contributed by atoms with E-state index >= 15 is 0 Å². The Morgan fingerprint density at radius 2 is 1.76 bits per heavy atom. The molecular weight excluding hydrogens is 328 g/mol. The van der Waals surface area contributed by atoms with Crippen LogP contribution < -0.4 is 16.2 Å². The van der Waals surface area contributed by atoms with Gasteiger partial charge in [0.15, 0.2) is 0 Å². The summed E-state index contributed by atoms with van der Waals surface area (Å²) in [5, 5.41) is 6.92. The van der Waals surface area contributed by atoms with Gasteiger partial charge < -0.3 is 11.1 Å². The maximum atomic E-state index is 12.9. The predicted octanol–water partition coefficient (Wildman–Crippen LogP) is 0.221. The quantitative estimate of drug-likeness (QED) is 0.685. The van der Waals surface area contributed by atoms with Gasteiger partial charge in [0.1, 0.15) is 0 Å². The van der Waals surface area contributed by atoms with Crippen molar-refractivity contribution >= 4 is 28.3 Å². The summed E-state index contributed by atoms with van der Waals surface area (Å²) >= 11 is 0. The molecule has 0 fully saturated rings. The van der Waals surface area contributed by atoms with Crippen molar-refractivity contribution in [3.05, 3.63) is 35.4 Å². The summed E-state index contributed by atoms with van der Waals surface area (Å²) in [5.74, 6) is -4.22. The van der Waals surface area contributed by atoms with Gasteiger partial charge in [-0.05, 0) is 17.7 Å². The zero-order valence-corrected chi connectivity index (χ0v) is 12.5. The van der Waals surface area contributed by atoms with Crippen LogP contribution in [-0.2, 0) is 15.8 Å². The number of nitrogens with two attached hydrogens (primary N) is 2. The van der Waals surface area contributed by atoms with Crippen LogP contribution in [0.15, 0.2) is 24.3 Å². The first-order valence-corrected chi connectivity index (χ1v) is 7.30. The number of carbonyl (C=O) groups excluding carboxylic acids is 1. The molecule has 0 aromatic heterocycles. The normalized spacial score (nSPS) is 11.6. The van der Waals surface area contributed by atoms with Gasteiger partial charge in [0.05, 0.1) is 18.8 Å². The lowest BCUT2D eigenvalue weighted by Crippen LogP contribution is -2.41. The summed E-state index contributed by atoms with van der Waals surface area (Å²) in [4.78, 5) is 11.6. The van der Waals surface area contributed by atoms with Gasteiger partial charge in [-0.15, -0.1) is 12.4 Å². The van der Waals surface area contributed by atoms with Crippen LogP contribution in [0.1, 0.15) is 15.9 Å². The van der Waals surface area contributed by atoms with Crippen LogP contribution in [0, 0.1) is 0 Å². The second kappa shape index (κ2) is 7.64. The average molecular weight is 344 g/mol. The molecule has 0 bridgehead atoms. The summed E-state index contributed by atoms with van der Waals surface area (Å²) < 4.78 is 47.5. The maximum Gasteiger partial charge on any atom is 0.277 e. The Bertz CT molecular complexity index is 579. The molecular formula is C11H16ClF2N3O3S. The van der Waals surface area contributed by atoms with Crippen molar-refractivity contribution in [2.24, 2.45) is 10.9 Å². The molecule has 0 atom stereocenters. The van der Waals surface area contributed by atoms with Crippen molar-refractivity contribution in [1.29, 1.82) is 0 Å². The lowest BCUT2D eigenvalue weighted by molar-refractivity contribution is 0.0118. The molecule has 1 aromatic carbocycles. The lowest BCUT2D eigenvalue weighted by Gasteiger charge is -2.14. The van der Waals surface area contributed by atoms with Crippen molar-refractivity contribution in [2.45, 2.75) is 11.7 Å². The van der Waals surface area contributed by atoms with Crippen molar-refractivity contribution in [2.75, 3.05) is 13.1 Å². The Hall–Kier alpha value is -1.29. The van der Waals surface area contributed by atoms with Gasteiger partial charge in [0, 0.05) is 5.56 Å². The van der Waals surface area contributed by atoms with Crippen LogP contribution >= 0.6 is 12.4 Å². The highest BCUT2D eigenvalue weighted by atomic mass is 35.5. The molecule has 21 heavy (non-hydrogen) atoms. The number of alkyl halides is 2. The molecule has 0 aliphatic rings. The van der Waals surface area contributed by atoms with Gasteiger partial charge >= 0.3 is 0 Å². The monoisotopic (exact) mass is 343 g/mol. The number of carbonyl (C=O) groups is 1. The molecule has 0 unspecified atom stereocenters. The van der Waals surface area contributed by atoms with Crippen LogP contribution in [0.5, 0.6) is 0 Å². The average Bonchev–Trinajstić information content (AvgIpc) is 2.35. The van der Waals surface area contributed by atoms with Gasteiger partial charge in [-0.3, -0.25) is 4.79 Å². The van der Waals surface area contributed by atoms with E-state index in [1.165, 1.54) is 24.3 Å². The Morgan fingerprint density at radius 1 is 1.24 bits per heavy atom. The van der Waals surface area contributed by atoms with Gasteiger partial charge in [0.2, 0.25) is 10.0 Å². The summed E-state index contributed by atoms with van der Waals surface area (Å²) in [6.45, 7) is -1.72. The van der Waals surface area contributed by atoms with Gasteiger partial charge in [-0.25, -0.2) is 22.3 Å². The number of halogens is 3. The van der Waals surface area contributed by atoms with Crippen LogP contribution in [-0.4, -0.2) is 33.3 Å². The zero-order chi connectivity index (χ0) is 15.4. The first kappa shape index (κ1) is 19.7. The first-order chi connectivity index (χ1) is 9.13. The highest BCUT2D eigenvalue weighted by Gasteiger charge is 2.27. The van der Waals surface area contributed by atoms with Gasteiger partial charge in [-0.2, -0.15) is 0 Å². The molecule has 0 saturated carbocycles. The standard InChI is InChI=1S/C11H15F2N3O3S.ClH/c12-11(13,6-14)7-16-10(17)9-3-1-8(2-4-9)5-20(15,18)19;/h1-4H,5-7,14H2,(H,16,17)(H2,15,18,19);1H. The number of hydrogen-bond acceptors (Lipinski definition) is 4. The summed E-state index contributed by atoms with van der Waals surface area (Å²) in [6.07, 6.45) is 0. The van der Waals surface area contributed by atoms with Crippen molar-refractivity contribution in [3.8, 4) is 0 Å². The van der Waals surface area contributed by atoms with E-state index in [2.05, 4.69) is 0 Å². The minimum absolute atomic E-state index is 0. The van der Waals surface area contributed by atoms with E-state index in [0.29, 0.717) is 5.56 Å². The third-order valence-corrected chi connectivity index (χ3v) is 3.13. The molecule has 6 nitrogen and oxygen atoms in total. The fourth-order valence-electron chi connectivity index (χ4n) is 1.37. The van der Waals surface area contributed by atoms with Crippen molar-refractivity contribution in [1.82, 2.24) is 5.32 Å². The summed E-state index contributed by atoms with van der Waals surface area (Å²) in [7, 11) is -3.66. The molecule has 0 spiro atoms. The summed E-state index contributed by atoms with van der Waals surface area (Å²) in [5.41, 5.74) is 5.37. The smallest absolute Gasteiger partial charge is 0.277 e. The Morgan fingerprint density at radius 3 is 2.19 bits per heavy atom. The van der Waals surface area contributed by atoms with E-state index in [1.54, 1.807) is 0 Å². The molecule has 1 aromatic rings. The highest BCUT2D eigenvalue weighted by Crippen LogP contribution is 2.10. The molecule has 10 heteroatoms. The van der Waals surface area contributed by atoms with Gasteiger partial charge in [-0.1, -0.05) is 12.1 Å². The molecule has 0 radical (unpaired) electrons. The predicted molar refractivity (Wildman–Crippen MR) is 76.8 cm³/mol. The van der Waals surface area contributed by atoms with Crippen LogP contribution in [0.3, 0.4) is 0 Å². The molecule has 0 heterocycles. The minimum Gasteiger partial charge on any atom is -0.346 e. The molecule has 0 saturated heterocycles. The van der Waals surface area contributed by atoms with Crippen LogP contribution in [0.4, 0.5) is 8.78 Å². The van der Waals surface area contributed by atoms with E-state index in [4.69, 9.17) is 10.9 Å². The van der Waals surface area contributed by atoms with Gasteiger partial charge in [0.25, 0.3) is 11.8 Å². The number of amides is 1. The third-order valence-electron chi connectivity index (χ3n) is 2.39. The first-order valence-electron chi connectivity index (χ1n) is 5.58. The van der Waals surface area contributed by atoms with Crippen LogP contribution in [0.2, 0.25) is 0 Å². The Balaban J connectivity index is 0.00000400. The van der Waals surface area contributed by atoms with E-state index in [0.717, 1.165) is 0 Å². The fourth-order valence-corrected chi connectivity index (χ4v) is 2.03. The number of sulfonamides is 1. The number of primary sulfonamides is 1. The third kappa shape index (κ3) is 7.32. The number of benzene rings is 1. The molecule has 0 aliphatic carbocycles. The number of rotatable bonds is 6. The van der Waals surface area contributed by atoms with Crippen LogP contribution in [0.25, 0.3) is 0 Å². The zero-order valence-electron chi connectivity index (χ0n) is 10.9. The Labute approximate surface area is 127 Å². The highest BCUT2D eigenvalue weighted by molar-refractivity contribution is 7.88. The molecule has 1 rings (SSSR count). The number of nitrogens with one attached hydrogen (secondary N) is 1. The topological polar surface area (TPSA) is 115 Å². The Kier molecular flexibility index (Phi) is 7.17. The fraction of sp³-hybridized carbons (Fsp3) is 0.364. The van der Waals surface area contributed by atoms with Crippen molar-refractivity contribution in [3.63, 3.8) is 0 Å². The van der Waals surface area contributed by atoms with E-state index in [1.807, 2.05) is 5.32 Å². The maximum absolute atomic E-state index is 12.9. The SMILES string of the molecule is Cl.NCC(F)(F)CNC(=O)c1ccc(CS(N)(=O)=O)cc1. The lowest BCUT2D eigenvalue weighted by atomic mass is 10.1. The molecule has 120 valence electrons. The second-order valence-corrected chi connectivity index (χ2v) is 5.86. The van der Waals surface area contributed by atoms with E-state index < -0.39 is 34.9 Å². The summed E-state index contributed by atoms with van der Waals surface area (Å²) in [6, 6.07) is 5.44. The second-order valence-electron chi connectivity index (χ2n) is 4.25. The van der Waals surface area contributed by atoms with E-state index in [-0.39, 0.29) is 23.7 Å². The van der Waals surface area contributed by atoms with Crippen molar-refractivity contribution < 1.29 is 22.0 Å². The molecule has 5 N–H and O–H groups in total. The molecule has 0 aliphatic heterocycles. The minimum atomic E-state index is -3.66.